The van der Waals surface area contributed by atoms with E-state index in [-0.39, 0.29) is 22.8 Å². The highest BCUT2D eigenvalue weighted by Gasteiger charge is 2.31. The summed E-state index contributed by atoms with van der Waals surface area (Å²) in [5, 5.41) is 11.4. The number of aryl methyl sites for hydroxylation is 1. The van der Waals surface area contributed by atoms with Gasteiger partial charge in [-0.1, -0.05) is 12.1 Å². The fourth-order valence-corrected chi connectivity index (χ4v) is 4.65. The van der Waals surface area contributed by atoms with Crippen molar-refractivity contribution in [1.29, 1.82) is 0 Å². The second-order valence-corrected chi connectivity index (χ2v) is 8.27. The summed E-state index contributed by atoms with van der Waals surface area (Å²) in [7, 11) is -3.67. The fourth-order valence-electron chi connectivity index (χ4n) is 2.97. The van der Waals surface area contributed by atoms with Gasteiger partial charge in [-0.15, -0.1) is 0 Å². The number of hydrogen-bond acceptors (Lipinski definition) is 5. The third kappa shape index (κ3) is 4.20. The third-order valence-electron chi connectivity index (χ3n) is 4.35. The molecule has 1 amide bonds. The summed E-state index contributed by atoms with van der Waals surface area (Å²) in [6.45, 7) is 2.45. The van der Waals surface area contributed by atoms with Gasteiger partial charge in [-0.3, -0.25) is 9.59 Å². The van der Waals surface area contributed by atoms with Crippen molar-refractivity contribution in [2.45, 2.75) is 31.1 Å². The molecule has 1 aliphatic heterocycles. The number of rotatable bonds is 6. The molecule has 9 heteroatoms. The summed E-state index contributed by atoms with van der Waals surface area (Å²) in [5.74, 6) is -1.44. The average Bonchev–Trinajstić information content (AvgIpc) is 3.26. The minimum absolute atomic E-state index is 0.00589. The molecular formula is C18H20N2O6S. The molecule has 0 unspecified atom stereocenters. The summed E-state index contributed by atoms with van der Waals surface area (Å²) in [6, 6.07) is 7.60. The van der Waals surface area contributed by atoms with Crippen LogP contribution in [0.1, 0.15) is 34.7 Å². The van der Waals surface area contributed by atoms with Gasteiger partial charge in [0.1, 0.15) is 10.7 Å². The van der Waals surface area contributed by atoms with Crippen LogP contribution in [0.5, 0.6) is 0 Å². The van der Waals surface area contributed by atoms with Gasteiger partial charge in [0.05, 0.1) is 6.42 Å². The van der Waals surface area contributed by atoms with Crippen LogP contribution in [0.3, 0.4) is 0 Å². The molecule has 0 bridgehead atoms. The average molecular weight is 392 g/mol. The molecular weight excluding hydrogens is 372 g/mol. The summed E-state index contributed by atoms with van der Waals surface area (Å²) >= 11 is 0. The van der Waals surface area contributed by atoms with Crippen LogP contribution in [0, 0.1) is 6.92 Å². The van der Waals surface area contributed by atoms with Gasteiger partial charge in [-0.2, -0.15) is 4.31 Å². The first-order valence-corrected chi connectivity index (χ1v) is 9.94. The van der Waals surface area contributed by atoms with Crippen molar-refractivity contribution in [3.63, 3.8) is 0 Å². The number of anilines is 1. The van der Waals surface area contributed by atoms with Crippen molar-refractivity contribution in [2.75, 3.05) is 18.4 Å². The van der Waals surface area contributed by atoms with E-state index in [1.807, 2.05) is 0 Å². The first kappa shape index (κ1) is 19.1. The highest BCUT2D eigenvalue weighted by Crippen LogP contribution is 2.26. The van der Waals surface area contributed by atoms with Gasteiger partial charge in [0.15, 0.2) is 5.76 Å². The predicted octanol–water partition coefficient (Wildman–Crippen LogP) is 2.25. The number of amides is 1. The topological polar surface area (TPSA) is 117 Å². The maximum atomic E-state index is 12.7. The molecule has 144 valence electrons. The maximum Gasteiger partial charge on any atom is 0.307 e. The van der Waals surface area contributed by atoms with Gasteiger partial charge in [-0.25, -0.2) is 8.42 Å². The number of carbonyl (C=O) groups is 2. The molecule has 2 N–H and O–H groups in total. The molecule has 3 rings (SSSR count). The van der Waals surface area contributed by atoms with E-state index in [4.69, 9.17) is 9.52 Å². The summed E-state index contributed by atoms with van der Waals surface area (Å²) in [6.07, 6.45) is 1.53. The number of nitrogens with zero attached hydrogens (tertiary/aromatic N) is 1. The van der Waals surface area contributed by atoms with Gasteiger partial charge < -0.3 is 14.8 Å². The van der Waals surface area contributed by atoms with Crippen LogP contribution in [-0.2, 0) is 21.2 Å². The molecule has 1 saturated heterocycles. The molecule has 0 atom stereocenters. The Morgan fingerprint density at radius 3 is 2.41 bits per heavy atom. The van der Waals surface area contributed by atoms with Crippen LogP contribution in [0.4, 0.5) is 5.69 Å². The lowest BCUT2D eigenvalue weighted by atomic mass is 10.1. The van der Waals surface area contributed by atoms with Gasteiger partial charge in [0, 0.05) is 24.8 Å². The zero-order chi connectivity index (χ0) is 19.6. The Labute approximate surface area is 156 Å². The Balaban J connectivity index is 1.75. The maximum absolute atomic E-state index is 12.7. The normalized spacial score (nSPS) is 15.0. The number of benzene rings is 1. The second-order valence-electron chi connectivity index (χ2n) is 6.36. The number of carboxylic acid groups (broad SMARTS) is 1. The van der Waals surface area contributed by atoms with E-state index in [0.29, 0.717) is 24.3 Å². The Morgan fingerprint density at radius 1 is 1.19 bits per heavy atom. The van der Waals surface area contributed by atoms with E-state index in [1.165, 1.54) is 17.3 Å². The van der Waals surface area contributed by atoms with Gasteiger partial charge in [0.25, 0.3) is 5.91 Å². The second kappa shape index (κ2) is 7.53. The van der Waals surface area contributed by atoms with Crippen LogP contribution >= 0.6 is 0 Å². The van der Waals surface area contributed by atoms with E-state index in [1.54, 1.807) is 24.3 Å². The monoisotopic (exact) mass is 392 g/mol. The van der Waals surface area contributed by atoms with Gasteiger partial charge in [-0.05, 0) is 37.5 Å². The number of carbonyl (C=O) groups excluding carboxylic acids is 1. The predicted molar refractivity (Wildman–Crippen MR) is 97.2 cm³/mol. The smallest absolute Gasteiger partial charge is 0.307 e. The van der Waals surface area contributed by atoms with Crippen molar-refractivity contribution in [3.05, 3.63) is 47.4 Å². The van der Waals surface area contributed by atoms with E-state index >= 15 is 0 Å². The molecule has 1 aliphatic rings. The van der Waals surface area contributed by atoms with Crippen molar-refractivity contribution in [3.8, 4) is 0 Å². The Morgan fingerprint density at radius 2 is 1.81 bits per heavy atom. The van der Waals surface area contributed by atoms with E-state index in [0.717, 1.165) is 12.8 Å². The Hall–Kier alpha value is -2.65. The molecule has 0 radical (unpaired) electrons. The molecule has 1 fully saturated rings. The van der Waals surface area contributed by atoms with E-state index in [2.05, 4.69) is 5.32 Å². The SMILES string of the molecule is Cc1oc(C(=O)Nc2ccc(CC(=O)O)cc2)cc1S(=O)(=O)N1CCCC1. The van der Waals surface area contributed by atoms with Crippen LogP contribution in [0.25, 0.3) is 0 Å². The minimum Gasteiger partial charge on any atom is -0.481 e. The van der Waals surface area contributed by atoms with Crippen LogP contribution < -0.4 is 5.32 Å². The number of sulfonamides is 1. The standard InChI is InChI=1S/C18H20N2O6S/c1-12-16(27(24,25)20-8-2-3-9-20)11-15(26-12)18(23)19-14-6-4-13(5-7-14)10-17(21)22/h4-7,11H,2-3,8-10H2,1H3,(H,19,23)(H,21,22). The van der Waals surface area contributed by atoms with Crippen molar-refractivity contribution < 1.29 is 27.5 Å². The highest BCUT2D eigenvalue weighted by molar-refractivity contribution is 7.89. The zero-order valence-electron chi connectivity index (χ0n) is 14.8. The number of hydrogen-bond donors (Lipinski definition) is 2. The quantitative estimate of drug-likeness (QED) is 0.779. The van der Waals surface area contributed by atoms with Crippen molar-refractivity contribution >= 4 is 27.6 Å². The van der Waals surface area contributed by atoms with Crippen LogP contribution in [-0.4, -0.2) is 42.8 Å². The summed E-state index contributed by atoms with van der Waals surface area (Å²) < 4.78 is 32.1. The molecule has 1 aromatic heterocycles. The largest absolute Gasteiger partial charge is 0.481 e. The van der Waals surface area contributed by atoms with Crippen molar-refractivity contribution in [1.82, 2.24) is 4.31 Å². The first-order chi connectivity index (χ1) is 12.8. The molecule has 2 heterocycles. The first-order valence-electron chi connectivity index (χ1n) is 8.50. The molecule has 1 aromatic carbocycles. The lowest BCUT2D eigenvalue weighted by molar-refractivity contribution is -0.136. The number of nitrogens with one attached hydrogen (secondary N) is 1. The highest BCUT2D eigenvalue weighted by atomic mass is 32.2. The van der Waals surface area contributed by atoms with Crippen LogP contribution in [0.15, 0.2) is 39.6 Å². The minimum atomic E-state index is -3.67. The summed E-state index contributed by atoms with van der Waals surface area (Å²) in [5.41, 5.74) is 1.06. The third-order valence-corrected chi connectivity index (χ3v) is 6.35. The summed E-state index contributed by atoms with van der Waals surface area (Å²) in [4.78, 5) is 23.1. The van der Waals surface area contributed by atoms with Crippen molar-refractivity contribution in [2.24, 2.45) is 0 Å². The molecule has 0 aliphatic carbocycles. The molecule has 27 heavy (non-hydrogen) atoms. The molecule has 2 aromatic rings. The lowest BCUT2D eigenvalue weighted by Crippen LogP contribution is -2.28. The number of aliphatic carboxylic acids is 1. The molecule has 0 saturated carbocycles. The van der Waals surface area contributed by atoms with E-state index in [9.17, 15) is 18.0 Å². The van der Waals surface area contributed by atoms with Gasteiger partial charge in [0.2, 0.25) is 10.0 Å². The molecule has 0 spiro atoms. The zero-order valence-corrected chi connectivity index (χ0v) is 15.6. The number of carboxylic acids is 1. The fraction of sp³-hybridized carbons (Fsp3) is 0.333. The molecule has 8 nitrogen and oxygen atoms in total. The van der Waals surface area contributed by atoms with Crippen LogP contribution in [0.2, 0.25) is 0 Å². The number of furan rings is 1. The Kier molecular flexibility index (Phi) is 5.33. The lowest BCUT2D eigenvalue weighted by Gasteiger charge is -2.14. The van der Waals surface area contributed by atoms with E-state index < -0.39 is 21.9 Å². The Bertz CT molecular complexity index is 956. The van der Waals surface area contributed by atoms with Gasteiger partial charge >= 0.3 is 5.97 Å².